The van der Waals surface area contributed by atoms with Crippen molar-refractivity contribution in [2.75, 3.05) is 5.32 Å². The Hall–Kier alpha value is -2.48. The van der Waals surface area contributed by atoms with Crippen molar-refractivity contribution >= 4 is 22.1 Å². The van der Waals surface area contributed by atoms with E-state index < -0.39 is 0 Å². The van der Waals surface area contributed by atoms with Crippen LogP contribution in [0, 0.1) is 0 Å². The van der Waals surface area contributed by atoms with E-state index in [1.165, 1.54) is 5.39 Å². The van der Waals surface area contributed by atoms with Gasteiger partial charge in [-0.3, -0.25) is 0 Å². The molecule has 0 aromatic heterocycles. The Morgan fingerprint density at radius 2 is 1.56 bits per heavy atom. The number of benzene rings is 3. The molecule has 3 aromatic rings. The van der Waals surface area contributed by atoms with Crippen molar-refractivity contribution < 1.29 is 4.74 Å². The molecule has 2 nitrogen and oxygen atoms in total. The van der Waals surface area contributed by atoms with Crippen LogP contribution in [0.3, 0.4) is 0 Å². The number of rotatable bonds is 0. The van der Waals surface area contributed by atoms with Crippen LogP contribution in [-0.4, -0.2) is 0 Å². The quantitative estimate of drug-likeness (QED) is 0.475. The summed E-state index contributed by atoms with van der Waals surface area (Å²) in [4.78, 5) is 0. The number of nitrogens with one attached hydrogen (secondary N) is 1. The van der Waals surface area contributed by atoms with Gasteiger partial charge in [0.15, 0.2) is 11.5 Å². The fraction of sp³-hybridized carbons (Fsp3) is 0. The summed E-state index contributed by atoms with van der Waals surface area (Å²) in [6, 6.07) is 20.4. The summed E-state index contributed by atoms with van der Waals surface area (Å²) >= 11 is 0. The highest BCUT2D eigenvalue weighted by molar-refractivity contribution is 5.96. The number of fused-ring (bicyclic) bond motifs is 4. The topological polar surface area (TPSA) is 21.3 Å². The van der Waals surface area contributed by atoms with Crippen LogP contribution in [0.4, 0.5) is 11.4 Å². The SMILES string of the molecule is c1ccc2c(c1)Nc1ccc3ccccc3c1O2. The molecular weight excluding hydrogens is 222 g/mol. The Balaban J connectivity index is 1.98. The number of hydrogen-bond donors (Lipinski definition) is 1. The maximum absolute atomic E-state index is 6.03. The lowest BCUT2D eigenvalue weighted by atomic mass is 10.1. The van der Waals surface area contributed by atoms with Crippen LogP contribution in [0.15, 0.2) is 60.7 Å². The van der Waals surface area contributed by atoms with Crippen LogP contribution >= 0.6 is 0 Å². The average Bonchev–Trinajstić information content (AvgIpc) is 2.45. The summed E-state index contributed by atoms with van der Waals surface area (Å²) in [5, 5.41) is 5.74. The van der Waals surface area contributed by atoms with E-state index in [0.29, 0.717) is 0 Å². The molecular formula is C16H11NO. The minimum absolute atomic E-state index is 0.876. The molecule has 1 aliphatic rings. The molecule has 1 N–H and O–H groups in total. The first kappa shape index (κ1) is 9.54. The van der Waals surface area contributed by atoms with Crippen molar-refractivity contribution in [2.24, 2.45) is 0 Å². The van der Waals surface area contributed by atoms with Gasteiger partial charge in [-0.2, -0.15) is 0 Å². The summed E-state index contributed by atoms with van der Waals surface area (Å²) in [7, 11) is 0. The van der Waals surface area contributed by atoms with Gasteiger partial charge in [-0.1, -0.05) is 42.5 Å². The normalized spacial score (nSPS) is 12.2. The molecule has 2 heteroatoms. The van der Waals surface area contributed by atoms with Crippen molar-refractivity contribution in [3.05, 3.63) is 60.7 Å². The predicted molar refractivity (Wildman–Crippen MR) is 73.7 cm³/mol. The lowest BCUT2D eigenvalue weighted by Crippen LogP contribution is -2.02. The molecule has 3 aromatic carbocycles. The van der Waals surface area contributed by atoms with Gasteiger partial charge in [0.25, 0.3) is 0 Å². The molecule has 0 saturated heterocycles. The van der Waals surface area contributed by atoms with E-state index in [1.807, 2.05) is 36.4 Å². The van der Waals surface area contributed by atoms with E-state index in [2.05, 4.69) is 29.6 Å². The summed E-state index contributed by atoms with van der Waals surface area (Å²) in [5.41, 5.74) is 2.03. The van der Waals surface area contributed by atoms with Crippen LogP contribution < -0.4 is 10.1 Å². The van der Waals surface area contributed by atoms with Crippen LogP contribution in [-0.2, 0) is 0 Å². The zero-order valence-corrected chi connectivity index (χ0v) is 9.68. The van der Waals surface area contributed by atoms with Crippen molar-refractivity contribution in [1.29, 1.82) is 0 Å². The molecule has 0 radical (unpaired) electrons. The fourth-order valence-corrected chi connectivity index (χ4v) is 2.37. The minimum Gasteiger partial charge on any atom is -0.452 e. The second-order valence-corrected chi connectivity index (χ2v) is 4.39. The third-order valence-electron chi connectivity index (χ3n) is 3.25. The lowest BCUT2D eigenvalue weighted by Gasteiger charge is -2.22. The summed E-state index contributed by atoms with van der Waals surface area (Å²) in [6.07, 6.45) is 0. The molecule has 0 fully saturated rings. The maximum atomic E-state index is 6.03. The number of anilines is 2. The van der Waals surface area contributed by atoms with Gasteiger partial charge in [0.05, 0.1) is 11.4 Å². The van der Waals surface area contributed by atoms with E-state index >= 15 is 0 Å². The zero-order chi connectivity index (χ0) is 11.9. The molecule has 1 heterocycles. The van der Waals surface area contributed by atoms with E-state index in [0.717, 1.165) is 28.3 Å². The molecule has 0 bridgehead atoms. The molecule has 18 heavy (non-hydrogen) atoms. The van der Waals surface area contributed by atoms with Crippen LogP contribution in [0.2, 0.25) is 0 Å². The van der Waals surface area contributed by atoms with E-state index in [-0.39, 0.29) is 0 Å². The van der Waals surface area contributed by atoms with Gasteiger partial charge in [-0.25, -0.2) is 0 Å². The number of para-hydroxylation sites is 2. The number of hydrogen-bond acceptors (Lipinski definition) is 2. The smallest absolute Gasteiger partial charge is 0.158 e. The molecule has 1 aliphatic heterocycles. The van der Waals surface area contributed by atoms with Gasteiger partial charge in [-0.15, -0.1) is 0 Å². The predicted octanol–water partition coefficient (Wildman–Crippen LogP) is 4.69. The van der Waals surface area contributed by atoms with Gasteiger partial charge in [-0.05, 0) is 23.6 Å². The van der Waals surface area contributed by atoms with Crippen LogP contribution in [0.1, 0.15) is 0 Å². The monoisotopic (exact) mass is 233 g/mol. The van der Waals surface area contributed by atoms with Crippen molar-refractivity contribution in [3.63, 3.8) is 0 Å². The first-order valence-electron chi connectivity index (χ1n) is 5.97. The lowest BCUT2D eigenvalue weighted by molar-refractivity contribution is 0.487. The fourth-order valence-electron chi connectivity index (χ4n) is 2.37. The minimum atomic E-state index is 0.876. The first-order chi connectivity index (χ1) is 8.92. The Labute approximate surface area is 105 Å². The van der Waals surface area contributed by atoms with Crippen LogP contribution in [0.5, 0.6) is 11.5 Å². The van der Waals surface area contributed by atoms with Gasteiger partial charge < -0.3 is 10.1 Å². The molecule has 0 atom stereocenters. The average molecular weight is 233 g/mol. The highest BCUT2D eigenvalue weighted by atomic mass is 16.5. The Kier molecular flexibility index (Phi) is 1.86. The zero-order valence-electron chi connectivity index (χ0n) is 9.68. The third-order valence-corrected chi connectivity index (χ3v) is 3.25. The van der Waals surface area contributed by atoms with E-state index in [1.54, 1.807) is 0 Å². The first-order valence-corrected chi connectivity index (χ1v) is 5.97. The number of ether oxygens (including phenoxy) is 1. The van der Waals surface area contributed by atoms with E-state index in [9.17, 15) is 0 Å². The highest BCUT2D eigenvalue weighted by Gasteiger charge is 2.17. The van der Waals surface area contributed by atoms with E-state index in [4.69, 9.17) is 4.74 Å². The maximum Gasteiger partial charge on any atom is 0.158 e. The Morgan fingerprint density at radius 1 is 0.722 bits per heavy atom. The summed E-state index contributed by atoms with van der Waals surface area (Å²) in [5.74, 6) is 1.79. The van der Waals surface area contributed by atoms with Crippen molar-refractivity contribution in [3.8, 4) is 11.5 Å². The Morgan fingerprint density at radius 3 is 2.56 bits per heavy atom. The highest BCUT2D eigenvalue weighted by Crippen LogP contribution is 2.45. The molecule has 0 spiro atoms. The van der Waals surface area contributed by atoms with Gasteiger partial charge in [0, 0.05) is 5.39 Å². The summed E-state index contributed by atoms with van der Waals surface area (Å²) in [6.45, 7) is 0. The van der Waals surface area contributed by atoms with Gasteiger partial charge in [0.2, 0.25) is 0 Å². The molecule has 0 unspecified atom stereocenters. The molecule has 0 saturated carbocycles. The molecule has 4 rings (SSSR count). The summed E-state index contributed by atoms with van der Waals surface area (Å²) < 4.78 is 6.03. The van der Waals surface area contributed by atoms with Crippen LogP contribution in [0.25, 0.3) is 10.8 Å². The Bertz CT molecular complexity index is 749. The van der Waals surface area contributed by atoms with Crippen molar-refractivity contribution in [1.82, 2.24) is 0 Å². The molecule has 0 amide bonds. The largest absolute Gasteiger partial charge is 0.452 e. The van der Waals surface area contributed by atoms with Crippen molar-refractivity contribution in [2.45, 2.75) is 0 Å². The van der Waals surface area contributed by atoms with Gasteiger partial charge >= 0.3 is 0 Å². The molecule has 0 aliphatic carbocycles. The second kappa shape index (κ2) is 3.50. The second-order valence-electron chi connectivity index (χ2n) is 4.39. The third kappa shape index (κ3) is 1.29. The molecule has 86 valence electrons. The standard InChI is InChI=1S/C16H11NO/c1-2-6-12-11(5-1)9-10-14-16(12)18-15-8-4-3-7-13(15)17-14/h1-10,17H. The van der Waals surface area contributed by atoms with Gasteiger partial charge in [0.1, 0.15) is 0 Å².